The number of nitrogens with zero attached hydrogens (tertiary/aromatic N) is 1. The summed E-state index contributed by atoms with van der Waals surface area (Å²) in [6, 6.07) is 4.89. The molecule has 0 heterocycles. The summed E-state index contributed by atoms with van der Waals surface area (Å²) in [6.45, 7) is 1.91. The van der Waals surface area contributed by atoms with E-state index in [1.165, 1.54) is 7.11 Å². The molecule has 0 aliphatic heterocycles. The van der Waals surface area contributed by atoms with E-state index < -0.39 is 5.92 Å². The van der Waals surface area contributed by atoms with Gasteiger partial charge in [0.1, 0.15) is 5.75 Å². The van der Waals surface area contributed by atoms with Crippen molar-refractivity contribution < 1.29 is 14.7 Å². The van der Waals surface area contributed by atoms with E-state index in [1.54, 1.807) is 18.2 Å². The van der Waals surface area contributed by atoms with Crippen molar-refractivity contribution >= 4 is 29.0 Å². The Morgan fingerprint density at radius 1 is 1.60 bits per heavy atom. The van der Waals surface area contributed by atoms with Gasteiger partial charge in [-0.05, 0) is 24.6 Å². The Morgan fingerprint density at radius 2 is 2.30 bits per heavy atom. The second-order valence-corrected chi connectivity index (χ2v) is 4.61. The number of amidine groups is 1. The number of benzene rings is 1. The van der Waals surface area contributed by atoms with E-state index in [0.717, 1.165) is 6.42 Å². The molecule has 7 heteroatoms. The summed E-state index contributed by atoms with van der Waals surface area (Å²) >= 11 is 5.98. The van der Waals surface area contributed by atoms with Gasteiger partial charge in [0.05, 0.1) is 18.1 Å². The van der Waals surface area contributed by atoms with Crippen LogP contribution in [-0.4, -0.2) is 24.1 Å². The fourth-order valence-corrected chi connectivity index (χ4v) is 2.00. The fourth-order valence-electron chi connectivity index (χ4n) is 1.75. The molecule has 0 fully saturated rings. The molecule has 0 aliphatic carbocycles. The maximum Gasteiger partial charge on any atom is 0.235 e. The average molecular weight is 300 g/mol. The van der Waals surface area contributed by atoms with Gasteiger partial charge in [-0.3, -0.25) is 4.79 Å². The van der Waals surface area contributed by atoms with Crippen LogP contribution in [0.5, 0.6) is 5.75 Å². The number of ether oxygens (including phenoxy) is 1. The molecular weight excluding hydrogens is 282 g/mol. The number of nitrogens with two attached hydrogens (primary N) is 1. The van der Waals surface area contributed by atoms with Crippen LogP contribution in [-0.2, 0) is 4.79 Å². The summed E-state index contributed by atoms with van der Waals surface area (Å²) in [6.07, 6.45) is 1.23. The molecule has 1 amide bonds. The minimum absolute atomic E-state index is 0.107. The molecule has 1 atom stereocenters. The van der Waals surface area contributed by atoms with Crippen molar-refractivity contribution in [2.24, 2.45) is 16.8 Å². The van der Waals surface area contributed by atoms with Crippen molar-refractivity contribution in [3.8, 4) is 5.75 Å². The second kappa shape index (κ2) is 7.59. The smallest absolute Gasteiger partial charge is 0.235 e. The van der Waals surface area contributed by atoms with Gasteiger partial charge < -0.3 is 21.0 Å². The number of carbonyl (C=O) groups is 1. The van der Waals surface area contributed by atoms with Crippen LogP contribution < -0.4 is 15.8 Å². The Morgan fingerprint density at radius 3 is 2.80 bits per heavy atom. The van der Waals surface area contributed by atoms with Crippen molar-refractivity contribution in [1.29, 1.82) is 0 Å². The summed E-state index contributed by atoms with van der Waals surface area (Å²) in [5.74, 6) is -0.607. The molecule has 0 saturated carbocycles. The van der Waals surface area contributed by atoms with Crippen molar-refractivity contribution in [2.75, 3.05) is 12.4 Å². The molecule has 4 N–H and O–H groups in total. The highest BCUT2D eigenvalue weighted by molar-refractivity contribution is 6.32. The highest BCUT2D eigenvalue weighted by Gasteiger charge is 2.22. The van der Waals surface area contributed by atoms with Gasteiger partial charge in [0.25, 0.3) is 0 Å². The summed E-state index contributed by atoms with van der Waals surface area (Å²) < 4.78 is 5.03. The molecule has 1 aromatic carbocycles. The molecular formula is C13H18ClN3O3. The molecule has 1 rings (SSSR count). The number of rotatable bonds is 6. The molecule has 20 heavy (non-hydrogen) atoms. The summed E-state index contributed by atoms with van der Waals surface area (Å²) in [7, 11) is 1.51. The largest absolute Gasteiger partial charge is 0.495 e. The second-order valence-electron chi connectivity index (χ2n) is 4.20. The van der Waals surface area contributed by atoms with Crippen LogP contribution in [0.1, 0.15) is 19.8 Å². The van der Waals surface area contributed by atoms with E-state index >= 15 is 0 Å². The van der Waals surface area contributed by atoms with Crippen LogP contribution in [0.2, 0.25) is 5.02 Å². The maximum absolute atomic E-state index is 12.1. The van der Waals surface area contributed by atoms with Gasteiger partial charge in [0.15, 0.2) is 5.84 Å². The monoisotopic (exact) mass is 299 g/mol. The van der Waals surface area contributed by atoms with Gasteiger partial charge in [-0.15, -0.1) is 0 Å². The number of anilines is 1. The zero-order valence-electron chi connectivity index (χ0n) is 11.4. The van der Waals surface area contributed by atoms with E-state index in [-0.39, 0.29) is 11.7 Å². The van der Waals surface area contributed by atoms with Crippen LogP contribution in [0.15, 0.2) is 23.4 Å². The zero-order chi connectivity index (χ0) is 15.1. The SMILES string of the molecule is CCCC(C(=O)Nc1ccc(OC)c(Cl)c1)C(N)=NO. The topological polar surface area (TPSA) is 96.9 Å². The normalized spacial score (nSPS) is 12.8. The first kappa shape index (κ1) is 16.1. The summed E-state index contributed by atoms with van der Waals surface area (Å²) in [4.78, 5) is 12.1. The molecule has 0 saturated heterocycles. The Bertz CT molecular complexity index is 506. The lowest BCUT2D eigenvalue weighted by molar-refractivity contribution is -0.118. The number of nitrogens with one attached hydrogen (secondary N) is 1. The zero-order valence-corrected chi connectivity index (χ0v) is 12.1. The highest BCUT2D eigenvalue weighted by Crippen LogP contribution is 2.27. The minimum atomic E-state index is -0.675. The first-order valence-corrected chi connectivity index (χ1v) is 6.53. The number of hydrogen-bond donors (Lipinski definition) is 3. The van der Waals surface area contributed by atoms with Crippen molar-refractivity contribution in [3.63, 3.8) is 0 Å². The fraction of sp³-hybridized carbons (Fsp3) is 0.385. The van der Waals surface area contributed by atoms with E-state index in [2.05, 4.69) is 10.5 Å². The lowest BCUT2D eigenvalue weighted by Gasteiger charge is -2.15. The molecule has 0 aromatic heterocycles. The molecule has 0 aliphatic rings. The number of methoxy groups -OCH3 is 1. The van der Waals surface area contributed by atoms with Gasteiger partial charge in [0, 0.05) is 5.69 Å². The molecule has 110 valence electrons. The average Bonchev–Trinajstić information content (AvgIpc) is 2.44. The van der Waals surface area contributed by atoms with Crippen LogP contribution in [0.4, 0.5) is 5.69 Å². The molecule has 6 nitrogen and oxygen atoms in total. The number of halogens is 1. The van der Waals surface area contributed by atoms with Gasteiger partial charge >= 0.3 is 0 Å². The number of carbonyl (C=O) groups excluding carboxylic acids is 1. The van der Waals surface area contributed by atoms with Crippen molar-refractivity contribution in [3.05, 3.63) is 23.2 Å². The lowest BCUT2D eigenvalue weighted by atomic mass is 10.0. The molecule has 0 bridgehead atoms. The molecule has 1 aromatic rings. The third-order valence-corrected chi connectivity index (χ3v) is 3.08. The van der Waals surface area contributed by atoms with E-state index in [4.69, 9.17) is 27.3 Å². The predicted molar refractivity (Wildman–Crippen MR) is 78.4 cm³/mol. The quantitative estimate of drug-likeness (QED) is 0.325. The number of oxime groups is 1. The summed E-state index contributed by atoms with van der Waals surface area (Å²) in [5.41, 5.74) is 6.05. The van der Waals surface area contributed by atoms with Gasteiger partial charge in [-0.2, -0.15) is 0 Å². The van der Waals surface area contributed by atoms with Crippen molar-refractivity contribution in [1.82, 2.24) is 0 Å². The van der Waals surface area contributed by atoms with Crippen molar-refractivity contribution in [2.45, 2.75) is 19.8 Å². The number of amides is 1. The van der Waals surface area contributed by atoms with Crippen LogP contribution in [0, 0.1) is 5.92 Å². The first-order valence-electron chi connectivity index (χ1n) is 6.15. The van der Waals surface area contributed by atoms with E-state index in [9.17, 15) is 4.79 Å². The van der Waals surface area contributed by atoms with Gasteiger partial charge in [0.2, 0.25) is 5.91 Å². The highest BCUT2D eigenvalue weighted by atomic mass is 35.5. The third kappa shape index (κ3) is 4.03. The third-order valence-electron chi connectivity index (χ3n) is 2.79. The Kier molecular flexibility index (Phi) is 6.11. The summed E-state index contributed by atoms with van der Waals surface area (Å²) in [5, 5.41) is 14.7. The minimum Gasteiger partial charge on any atom is -0.495 e. The van der Waals surface area contributed by atoms with Gasteiger partial charge in [-0.1, -0.05) is 30.1 Å². The van der Waals surface area contributed by atoms with Crippen LogP contribution in [0.25, 0.3) is 0 Å². The van der Waals surface area contributed by atoms with E-state index in [1.807, 2.05) is 6.92 Å². The first-order chi connectivity index (χ1) is 9.53. The Labute approximate surface area is 122 Å². The molecule has 0 spiro atoms. The van der Waals surface area contributed by atoms with Crippen LogP contribution >= 0.6 is 11.6 Å². The maximum atomic E-state index is 12.1. The standard InChI is InChI=1S/C13H18ClN3O3/c1-3-4-9(12(15)17-19)13(18)16-8-5-6-11(20-2)10(14)7-8/h5-7,9,19H,3-4H2,1-2H3,(H2,15,17)(H,16,18). The Hall–Kier alpha value is -1.95. The molecule has 0 radical (unpaired) electrons. The molecule has 1 unspecified atom stereocenters. The predicted octanol–water partition coefficient (Wildman–Crippen LogP) is 2.45. The van der Waals surface area contributed by atoms with Crippen LogP contribution in [0.3, 0.4) is 0 Å². The van der Waals surface area contributed by atoms with E-state index in [0.29, 0.717) is 22.9 Å². The lowest BCUT2D eigenvalue weighted by Crippen LogP contribution is -2.34. The van der Waals surface area contributed by atoms with Gasteiger partial charge in [-0.25, -0.2) is 0 Å². The number of hydrogen-bond acceptors (Lipinski definition) is 4. The Balaban J connectivity index is 2.85.